The van der Waals surface area contributed by atoms with Gasteiger partial charge in [-0.25, -0.2) is 5.14 Å². The van der Waals surface area contributed by atoms with E-state index in [1.807, 2.05) is 0 Å². The Morgan fingerprint density at radius 3 is 2.57 bits per heavy atom. The molecule has 0 saturated heterocycles. The lowest BCUT2D eigenvalue weighted by molar-refractivity contribution is -0.380. The second-order valence-electron chi connectivity index (χ2n) is 4.08. The molecule has 21 heavy (non-hydrogen) atoms. The van der Waals surface area contributed by atoms with Gasteiger partial charge in [0.25, 0.3) is 10.2 Å². The summed E-state index contributed by atoms with van der Waals surface area (Å²) in [6.07, 6.45) is 0. The second kappa shape index (κ2) is 6.08. The van der Waals surface area contributed by atoms with E-state index in [-0.39, 0.29) is 5.00 Å². The van der Waals surface area contributed by atoms with E-state index < -0.39 is 15.1 Å². The van der Waals surface area contributed by atoms with Gasteiger partial charge in [-0.3, -0.25) is 14.8 Å². The first-order valence-electron chi connectivity index (χ1n) is 5.71. The first-order chi connectivity index (χ1) is 9.83. The van der Waals surface area contributed by atoms with Crippen LogP contribution in [0.15, 0.2) is 36.4 Å². The quantitative estimate of drug-likeness (QED) is 0.551. The van der Waals surface area contributed by atoms with Gasteiger partial charge in [0.1, 0.15) is 0 Å². The zero-order chi connectivity index (χ0) is 15.5. The third kappa shape index (κ3) is 4.70. The number of hydrogen-bond acceptors (Lipinski definition) is 6. The van der Waals surface area contributed by atoms with Crippen LogP contribution in [0.5, 0.6) is 0 Å². The van der Waals surface area contributed by atoms with Crippen LogP contribution in [-0.2, 0) is 16.8 Å². The van der Waals surface area contributed by atoms with Crippen LogP contribution in [0.4, 0.5) is 16.4 Å². The summed E-state index contributed by atoms with van der Waals surface area (Å²) >= 11 is 1.08. The van der Waals surface area contributed by atoms with Crippen LogP contribution in [0.2, 0.25) is 0 Å². The summed E-state index contributed by atoms with van der Waals surface area (Å²) in [4.78, 5) is 10.9. The van der Waals surface area contributed by atoms with Crippen molar-refractivity contribution in [3.8, 4) is 0 Å². The number of nitrogens with zero attached hydrogens (tertiary/aromatic N) is 1. The highest BCUT2D eigenvalue weighted by molar-refractivity contribution is 7.90. The molecular weight excluding hydrogens is 316 g/mol. The van der Waals surface area contributed by atoms with Gasteiger partial charge in [0.15, 0.2) is 0 Å². The smallest absolute Gasteiger partial charge is 0.324 e. The van der Waals surface area contributed by atoms with E-state index in [0.29, 0.717) is 17.9 Å². The van der Waals surface area contributed by atoms with Crippen LogP contribution < -0.4 is 15.2 Å². The molecule has 0 unspecified atom stereocenters. The lowest BCUT2D eigenvalue weighted by Crippen LogP contribution is -2.21. The van der Waals surface area contributed by atoms with Crippen molar-refractivity contribution in [1.29, 1.82) is 0 Å². The molecular formula is C11H12N4O4S2. The van der Waals surface area contributed by atoms with Crippen molar-refractivity contribution in [3.05, 3.63) is 51.4 Å². The minimum atomic E-state index is -3.82. The van der Waals surface area contributed by atoms with Gasteiger partial charge in [-0.1, -0.05) is 17.4 Å². The van der Waals surface area contributed by atoms with E-state index in [1.165, 1.54) is 6.07 Å². The van der Waals surface area contributed by atoms with Crippen molar-refractivity contribution in [2.24, 2.45) is 5.14 Å². The van der Waals surface area contributed by atoms with Gasteiger partial charge in [-0.05, 0) is 24.3 Å². The molecule has 0 fully saturated rings. The van der Waals surface area contributed by atoms with E-state index in [2.05, 4.69) is 10.0 Å². The first kappa shape index (κ1) is 15.2. The molecule has 0 bridgehead atoms. The van der Waals surface area contributed by atoms with Crippen molar-refractivity contribution in [2.75, 3.05) is 10.0 Å². The van der Waals surface area contributed by atoms with Crippen molar-refractivity contribution in [1.82, 2.24) is 0 Å². The molecule has 1 aromatic heterocycles. The van der Waals surface area contributed by atoms with Crippen molar-refractivity contribution in [3.63, 3.8) is 0 Å². The number of thiophene rings is 1. The molecule has 112 valence electrons. The summed E-state index contributed by atoms with van der Waals surface area (Å²) in [6, 6.07) is 9.66. The number of anilines is 2. The standard InChI is InChI=1S/C11H12N4O4S2/c12-21(18,19)14-9-3-1-2-8(6-9)13-7-10-4-5-11(20-10)15(16)17/h1-6,13-14H,7H2,(H2,12,18,19). The Kier molecular flexibility index (Phi) is 4.40. The summed E-state index contributed by atoms with van der Waals surface area (Å²) < 4.78 is 24.0. The van der Waals surface area contributed by atoms with Crippen molar-refractivity contribution < 1.29 is 13.3 Å². The predicted molar refractivity (Wildman–Crippen MR) is 81.5 cm³/mol. The molecule has 0 saturated carbocycles. The molecule has 1 aromatic carbocycles. The Morgan fingerprint density at radius 1 is 1.24 bits per heavy atom. The number of nitrogens with two attached hydrogens (primary N) is 1. The molecule has 0 aliphatic heterocycles. The number of nitrogens with one attached hydrogen (secondary N) is 2. The number of benzene rings is 1. The Morgan fingerprint density at radius 2 is 1.95 bits per heavy atom. The van der Waals surface area contributed by atoms with Gasteiger partial charge in [0.05, 0.1) is 10.6 Å². The van der Waals surface area contributed by atoms with Gasteiger partial charge in [0, 0.05) is 23.2 Å². The van der Waals surface area contributed by atoms with Gasteiger partial charge in [0.2, 0.25) is 0 Å². The fourth-order valence-corrected chi connectivity index (χ4v) is 2.82. The Balaban J connectivity index is 2.02. The molecule has 10 heteroatoms. The molecule has 1 heterocycles. The van der Waals surface area contributed by atoms with Crippen LogP contribution in [0.3, 0.4) is 0 Å². The third-order valence-corrected chi connectivity index (χ3v) is 3.97. The molecule has 8 nitrogen and oxygen atoms in total. The Labute approximate surface area is 124 Å². The summed E-state index contributed by atoms with van der Waals surface area (Å²) in [5, 5.41) is 18.6. The summed E-state index contributed by atoms with van der Waals surface area (Å²) in [7, 11) is -3.82. The van der Waals surface area contributed by atoms with Gasteiger partial charge >= 0.3 is 5.00 Å². The van der Waals surface area contributed by atoms with Crippen LogP contribution >= 0.6 is 11.3 Å². The average molecular weight is 328 g/mol. The first-order valence-corrected chi connectivity index (χ1v) is 8.07. The van der Waals surface area contributed by atoms with E-state index in [4.69, 9.17) is 5.14 Å². The van der Waals surface area contributed by atoms with E-state index >= 15 is 0 Å². The third-order valence-electron chi connectivity index (χ3n) is 2.42. The maximum atomic E-state index is 10.9. The fraction of sp³-hybridized carbons (Fsp3) is 0.0909. The van der Waals surface area contributed by atoms with Crippen molar-refractivity contribution >= 4 is 37.9 Å². The van der Waals surface area contributed by atoms with Gasteiger partial charge in [-0.2, -0.15) is 8.42 Å². The van der Waals surface area contributed by atoms with E-state index in [1.54, 1.807) is 30.3 Å². The van der Waals surface area contributed by atoms with Crippen LogP contribution in [-0.4, -0.2) is 13.3 Å². The number of hydrogen-bond donors (Lipinski definition) is 3. The topological polar surface area (TPSA) is 127 Å². The Bertz CT molecular complexity index is 757. The maximum absolute atomic E-state index is 10.9. The lowest BCUT2D eigenvalue weighted by Gasteiger charge is -2.08. The summed E-state index contributed by atoms with van der Waals surface area (Å²) in [5.74, 6) is 0. The normalized spacial score (nSPS) is 11.1. The number of nitro groups is 1. The zero-order valence-electron chi connectivity index (χ0n) is 10.6. The predicted octanol–water partition coefficient (Wildman–Crippen LogP) is 1.88. The monoisotopic (exact) mass is 328 g/mol. The summed E-state index contributed by atoms with van der Waals surface area (Å²) in [5.41, 5.74) is 0.999. The molecule has 0 atom stereocenters. The van der Waals surface area contributed by atoms with Crippen LogP contribution in [0.25, 0.3) is 0 Å². The second-order valence-corrected chi connectivity index (χ2v) is 6.52. The zero-order valence-corrected chi connectivity index (χ0v) is 12.3. The molecule has 4 N–H and O–H groups in total. The molecule has 0 radical (unpaired) electrons. The minimum absolute atomic E-state index is 0.0800. The maximum Gasteiger partial charge on any atom is 0.324 e. The number of rotatable bonds is 6. The highest BCUT2D eigenvalue weighted by Crippen LogP contribution is 2.25. The van der Waals surface area contributed by atoms with E-state index in [9.17, 15) is 18.5 Å². The largest absolute Gasteiger partial charge is 0.380 e. The van der Waals surface area contributed by atoms with Gasteiger partial charge in [-0.15, -0.1) is 0 Å². The molecule has 0 spiro atoms. The van der Waals surface area contributed by atoms with Gasteiger partial charge < -0.3 is 5.32 Å². The molecule has 0 aliphatic carbocycles. The molecule has 2 rings (SSSR count). The van der Waals surface area contributed by atoms with E-state index in [0.717, 1.165) is 16.2 Å². The molecule has 0 amide bonds. The fourth-order valence-electron chi connectivity index (χ4n) is 1.61. The lowest BCUT2D eigenvalue weighted by atomic mass is 10.3. The van der Waals surface area contributed by atoms with Crippen LogP contribution in [0.1, 0.15) is 4.88 Å². The summed E-state index contributed by atoms with van der Waals surface area (Å²) in [6.45, 7) is 0.400. The van der Waals surface area contributed by atoms with Crippen LogP contribution in [0, 0.1) is 10.1 Å². The highest BCUT2D eigenvalue weighted by atomic mass is 32.2. The average Bonchev–Trinajstić information content (AvgIpc) is 2.83. The highest BCUT2D eigenvalue weighted by Gasteiger charge is 2.09. The minimum Gasteiger partial charge on any atom is -0.380 e. The molecule has 0 aliphatic rings. The molecule has 2 aromatic rings. The Hall–Kier alpha value is -2.17. The SMILES string of the molecule is NS(=O)(=O)Nc1cccc(NCc2ccc([N+](=O)[O-])s2)c1. The van der Waals surface area contributed by atoms with Crippen molar-refractivity contribution in [2.45, 2.75) is 6.54 Å².